The van der Waals surface area contributed by atoms with Gasteiger partial charge in [0.15, 0.2) is 0 Å². The molecule has 0 bridgehead atoms. The van der Waals surface area contributed by atoms with Crippen LogP contribution in [-0.4, -0.2) is 49.7 Å². The molecule has 1 unspecified atom stereocenters. The summed E-state index contributed by atoms with van der Waals surface area (Å²) in [5, 5.41) is 0. The predicted molar refractivity (Wildman–Crippen MR) is 85.8 cm³/mol. The van der Waals surface area contributed by atoms with E-state index in [0.29, 0.717) is 18.2 Å². The van der Waals surface area contributed by atoms with Crippen LogP contribution in [0.25, 0.3) is 0 Å². The van der Waals surface area contributed by atoms with E-state index in [1.165, 1.54) is 12.1 Å². The Morgan fingerprint density at radius 1 is 1.22 bits per heavy atom. The van der Waals surface area contributed by atoms with E-state index in [0.717, 1.165) is 52.1 Å². The van der Waals surface area contributed by atoms with E-state index < -0.39 is 0 Å². The van der Waals surface area contributed by atoms with Crippen LogP contribution in [0, 0.1) is 11.2 Å². The van der Waals surface area contributed by atoms with Gasteiger partial charge in [0.2, 0.25) is 5.91 Å². The van der Waals surface area contributed by atoms with Gasteiger partial charge in [-0.3, -0.25) is 9.69 Å². The maximum Gasteiger partial charge on any atom is 0.227 e. The van der Waals surface area contributed by atoms with Crippen LogP contribution in [0.1, 0.15) is 25.7 Å². The lowest BCUT2D eigenvalue weighted by Gasteiger charge is -2.32. The molecule has 0 saturated carbocycles. The molecule has 3 aliphatic rings. The lowest BCUT2D eigenvalue weighted by atomic mass is 9.86. The average molecular weight is 318 g/mol. The van der Waals surface area contributed by atoms with E-state index in [4.69, 9.17) is 4.74 Å². The second-order valence-electron chi connectivity index (χ2n) is 7.20. The molecular weight excluding hydrogens is 295 g/mol. The van der Waals surface area contributed by atoms with Gasteiger partial charge in [0.1, 0.15) is 5.82 Å². The molecule has 1 aromatic carbocycles. The Morgan fingerprint density at radius 3 is 2.83 bits per heavy atom. The molecule has 0 N–H and O–H groups in total. The van der Waals surface area contributed by atoms with Gasteiger partial charge in [0.05, 0.1) is 0 Å². The molecule has 3 saturated heterocycles. The van der Waals surface area contributed by atoms with Gasteiger partial charge in [-0.2, -0.15) is 0 Å². The number of amides is 1. The van der Waals surface area contributed by atoms with E-state index in [2.05, 4.69) is 4.90 Å². The number of anilines is 1. The molecule has 1 spiro atoms. The van der Waals surface area contributed by atoms with Crippen LogP contribution < -0.4 is 4.90 Å². The number of carbonyl (C=O) groups is 1. The summed E-state index contributed by atoms with van der Waals surface area (Å²) in [5.74, 6) is -0.157. The summed E-state index contributed by atoms with van der Waals surface area (Å²) in [6.45, 7) is 4.46. The molecule has 0 radical (unpaired) electrons. The van der Waals surface area contributed by atoms with Gasteiger partial charge in [-0.25, -0.2) is 4.39 Å². The van der Waals surface area contributed by atoms with Crippen molar-refractivity contribution in [2.45, 2.75) is 31.7 Å². The Kier molecular flexibility index (Phi) is 3.85. The summed E-state index contributed by atoms with van der Waals surface area (Å²) < 4.78 is 18.9. The maximum atomic E-state index is 13.5. The molecule has 0 aromatic heterocycles. The van der Waals surface area contributed by atoms with Crippen molar-refractivity contribution in [2.24, 2.45) is 5.41 Å². The second kappa shape index (κ2) is 5.87. The first-order chi connectivity index (χ1) is 11.2. The molecule has 1 atom stereocenters. The number of ether oxygens (including phenoxy) is 1. The Balaban J connectivity index is 1.47. The van der Waals surface area contributed by atoms with Crippen molar-refractivity contribution in [1.29, 1.82) is 0 Å². The molecule has 3 heterocycles. The Labute approximate surface area is 136 Å². The molecular formula is C18H23FN2O2. The molecule has 4 rings (SSSR count). The highest BCUT2D eigenvalue weighted by Crippen LogP contribution is 2.43. The largest absolute Gasteiger partial charge is 0.381 e. The normalized spacial score (nSPS) is 29.8. The van der Waals surface area contributed by atoms with Crippen molar-refractivity contribution in [2.75, 3.05) is 37.7 Å². The smallest absolute Gasteiger partial charge is 0.227 e. The van der Waals surface area contributed by atoms with Crippen LogP contribution in [0.4, 0.5) is 10.1 Å². The van der Waals surface area contributed by atoms with E-state index in [1.807, 2.05) is 6.07 Å². The summed E-state index contributed by atoms with van der Waals surface area (Å²) in [4.78, 5) is 16.8. The summed E-state index contributed by atoms with van der Waals surface area (Å²) in [7, 11) is 0. The van der Waals surface area contributed by atoms with Crippen molar-refractivity contribution in [3.8, 4) is 0 Å². The van der Waals surface area contributed by atoms with Crippen LogP contribution in [0.2, 0.25) is 0 Å². The van der Waals surface area contributed by atoms with Gasteiger partial charge in [-0.15, -0.1) is 0 Å². The van der Waals surface area contributed by atoms with Crippen molar-refractivity contribution in [3.63, 3.8) is 0 Å². The third-order valence-electron chi connectivity index (χ3n) is 5.62. The molecule has 0 aliphatic carbocycles. The van der Waals surface area contributed by atoms with Crippen molar-refractivity contribution < 1.29 is 13.9 Å². The Morgan fingerprint density at radius 2 is 2.04 bits per heavy atom. The van der Waals surface area contributed by atoms with Crippen LogP contribution in [-0.2, 0) is 9.53 Å². The van der Waals surface area contributed by atoms with Gasteiger partial charge in [-0.1, -0.05) is 6.07 Å². The van der Waals surface area contributed by atoms with E-state index >= 15 is 0 Å². The van der Waals surface area contributed by atoms with E-state index in [-0.39, 0.29) is 17.1 Å². The van der Waals surface area contributed by atoms with Gasteiger partial charge >= 0.3 is 0 Å². The zero-order chi connectivity index (χ0) is 15.9. The number of likely N-dealkylation sites (tertiary alicyclic amines) is 1. The van der Waals surface area contributed by atoms with Crippen LogP contribution in [0.5, 0.6) is 0 Å². The van der Waals surface area contributed by atoms with Crippen molar-refractivity contribution in [3.05, 3.63) is 30.1 Å². The number of hydrogen-bond acceptors (Lipinski definition) is 3. The van der Waals surface area contributed by atoms with Crippen LogP contribution in [0.3, 0.4) is 0 Å². The van der Waals surface area contributed by atoms with E-state index in [9.17, 15) is 9.18 Å². The Hall–Kier alpha value is -1.46. The Bertz CT molecular complexity index is 602. The highest BCUT2D eigenvalue weighted by molar-refractivity contribution is 5.96. The minimum atomic E-state index is -0.286. The molecule has 1 amide bonds. The molecule has 3 aliphatic heterocycles. The molecule has 5 heteroatoms. The molecule has 4 nitrogen and oxygen atoms in total. The number of rotatable bonds is 2. The zero-order valence-corrected chi connectivity index (χ0v) is 13.3. The van der Waals surface area contributed by atoms with Gasteiger partial charge in [0.25, 0.3) is 0 Å². The molecule has 1 aromatic rings. The standard InChI is InChI=1S/C18H23FN2O2/c19-14-2-1-3-16(10-14)21-13-18(11-17(21)22)6-7-20(12-18)15-4-8-23-9-5-15/h1-3,10,15H,4-9,11-13H2. The third-order valence-corrected chi connectivity index (χ3v) is 5.62. The fourth-order valence-electron chi connectivity index (χ4n) is 4.38. The van der Waals surface area contributed by atoms with Gasteiger partial charge in [0, 0.05) is 49.9 Å². The fourth-order valence-corrected chi connectivity index (χ4v) is 4.38. The summed E-state index contributed by atoms with van der Waals surface area (Å²) in [6, 6.07) is 6.98. The molecule has 124 valence electrons. The summed E-state index contributed by atoms with van der Waals surface area (Å²) in [5.41, 5.74) is 0.734. The first-order valence-corrected chi connectivity index (χ1v) is 8.53. The van der Waals surface area contributed by atoms with Crippen molar-refractivity contribution >= 4 is 11.6 Å². The highest BCUT2D eigenvalue weighted by Gasteiger charge is 2.48. The second-order valence-corrected chi connectivity index (χ2v) is 7.20. The summed E-state index contributed by atoms with van der Waals surface area (Å²) in [6.07, 6.45) is 3.83. The number of halogens is 1. The molecule has 3 fully saturated rings. The maximum absolute atomic E-state index is 13.5. The minimum absolute atomic E-state index is 0.0434. The lowest BCUT2D eigenvalue weighted by molar-refractivity contribution is -0.117. The number of benzene rings is 1. The van der Waals surface area contributed by atoms with Crippen molar-refractivity contribution in [1.82, 2.24) is 4.90 Å². The third kappa shape index (κ3) is 2.88. The van der Waals surface area contributed by atoms with Crippen LogP contribution in [0.15, 0.2) is 24.3 Å². The van der Waals surface area contributed by atoms with E-state index in [1.54, 1.807) is 11.0 Å². The van der Waals surface area contributed by atoms with Gasteiger partial charge < -0.3 is 9.64 Å². The van der Waals surface area contributed by atoms with Gasteiger partial charge in [-0.05, 0) is 44.0 Å². The average Bonchev–Trinajstić information content (AvgIpc) is 3.12. The topological polar surface area (TPSA) is 32.8 Å². The lowest BCUT2D eigenvalue weighted by Crippen LogP contribution is -2.40. The first kappa shape index (κ1) is 15.1. The quantitative estimate of drug-likeness (QED) is 0.840. The number of hydrogen-bond donors (Lipinski definition) is 0. The number of carbonyl (C=O) groups excluding carboxylic acids is 1. The van der Waals surface area contributed by atoms with Crippen LogP contribution >= 0.6 is 0 Å². The highest BCUT2D eigenvalue weighted by atomic mass is 19.1. The zero-order valence-electron chi connectivity index (χ0n) is 13.3. The molecule has 23 heavy (non-hydrogen) atoms. The minimum Gasteiger partial charge on any atom is -0.381 e. The SMILES string of the molecule is O=C1CC2(CCN(C3CCOCC3)C2)CN1c1cccc(F)c1. The monoisotopic (exact) mass is 318 g/mol. The number of nitrogens with zero attached hydrogens (tertiary/aromatic N) is 2. The first-order valence-electron chi connectivity index (χ1n) is 8.53. The predicted octanol–water partition coefficient (Wildman–Crippen LogP) is 2.43. The summed E-state index contributed by atoms with van der Waals surface area (Å²) >= 11 is 0. The fraction of sp³-hybridized carbons (Fsp3) is 0.611.